The van der Waals surface area contributed by atoms with Gasteiger partial charge in [0.15, 0.2) is 0 Å². The quantitative estimate of drug-likeness (QED) is 0.546. The van der Waals surface area contributed by atoms with E-state index in [9.17, 15) is 19.2 Å². The number of fused-ring (bicyclic) bond motifs is 3. The molecule has 3 atom stereocenters. The van der Waals surface area contributed by atoms with Gasteiger partial charge in [-0.25, -0.2) is 4.90 Å². The van der Waals surface area contributed by atoms with Crippen LogP contribution in [0, 0.1) is 17.8 Å². The average Bonchev–Trinajstić information content (AvgIpc) is 3.29. The number of amides is 2. The topological polar surface area (TPSA) is 80.8 Å². The minimum Gasteiger partial charge on any atom is -0.353 e. The predicted molar refractivity (Wildman–Crippen MR) is 108 cm³/mol. The smallest absolute Gasteiger partial charge is 0.241 e. The first kappa shape index (κ1) is 19.2. The number of hydrogen-bond donors (Lipinski definition) is 0. The first-order chi connectivity index (χ1) is 14.3. The number of para-hydroxylation sites is 1. The zero-order valence-electron chi connectivity index (χ0n) is 16.3. The lowest BCUT2D eigenvalue weighted by Crippen LogP contribution is -2.51. The van der Waals surface area contributed by atoms with Gasteiger partial charge in [-0.3, -0.25) is 19.2 Å². The van der Waals surface area contributed by atoms with Gasteiger partial charge in [0.25, 0.3) is 0 Å². The van der Waals surface area contributed by atoms with Crippen molar-refractivity contribution in [2.75, 3.05) is 4.90 Å². The van der Waals surface area contributed by atoms with E-state index in [-0.39, 0.29) is 27.8 Å². The lowest BCUT2D eigenvalue weighted by molar-refractivity contribution is -0.127. The number of rotatable bonds is 2. The van der Waals surface area contributed by atoms with Crippen molar-refractivity contribution < 1.29 is 23.9 Å². The maximum atomic E-state index is 13.6. The number of nitrogens with zero attached hydrogens (tertiary/aromatic N) is 1. The lowest BCUT2D eigenvalue weighted by Gasteiger charge is -2.28. The van der Waals surface area contributed by atoms with Crippen LogP contribution < -0.4 is 4.90 Å². The Morgan fingerprint density at radius 1 is 0.900 bits per heavy atom. The molecule has 0 N–H and O–H groups in total. The van der Waals surface area contributed by atoms with Gasteiger partial charge in [-0.15, -0.1) is 0 Å². The van der Waals surface area contributed by atoms with Crippen molar-refractivity contribution in [3.05, 3.63) is 64.7 Å². The highest BCUT2D eigenvalue weighted by molar-refractivity contribution is 6.39. The zero-order chi connectivity index (χ0) is 21.4. The molecule has 2 fully saturated rings. The number of carbonyl (C=O) groups is 4. The summed E-state index contributed by atoms with van der Waals surface area (Å²) in [4.78, 5) is 54.9. The summed E-state index contributed by atoms with van der Waals surface area (Å²) in [7, 11) is 0. The second-order valence-corrected chi connectivity index (χ2v) is 8.64. The van der Waals surface area contributed by atoms with Crippen molar-refractivity contribution in [2.45, 2.75) is 25.6 Å². The molecule has 2 saturated heterocycles. The molecule has 3 aliphatic rings. The van der Waals surface area contributed by atoms with Crippen molar-refractivity contribution in [3.8, 4) is 0 Å². The van der Waals surface area contributed by atoms with Crippen LogP contribution in [0.3, 0.4) is 0 Å². The van der Waals surface area contributed by atoms with Crippen molar-refractivity contribution >= 4 is 40.7 Å². The molecule has 0 radical (unpaired) electrons. The van der Waals surface area contributed by atoms with E-state index in [1.165, 1.54) is 0 Å². The largest absolute Gasteiger partial charge is 0.353 e. The van der Waals surface area contributed by atoms with Crippen molar-refractivity contribution in [1.29, 1.82) is 0 Å². The number of hydrogen-bond acceptors (Lipinski definition) is 5. The molecule has 0 bridgehead atoms. The van der Waals surface area contributed by atoms with Gasteiger partial charge in [0.2, 0.25) is 29.0 Å². The van der Waals surface area contributed by atoms with Crippen molar-refractivity contribution in [3.63, 3.8) is 0 Å². The van der Waals surface area contributed by atoms with Crippen LogP contribution in [0.25, 0.3) is 0 Å². The number of halogens is 1. The standard InChI is InChI=1S/C23H18ClNO5/c1-11(2)18-16-17(22(29)25(21(16)28)15-10-6-5-9-14(15)24)23(30-18)19(26)12-7-3-4-8-13(12)20(23)27/h3-11,16-18H,1-2H3/t16-,17-,18-/m1/s1. The number of ether oxygens (including phenoxy) is 1. The highest BCUT2D eigenvalue weighted by atomic mass is 35.5. The third-order valence-electron chi connectivity index (χ3n) is 6.31. The van der Waals surface area contributed by atoms with Gasteiger partial charge < -0.3 is 4.74 Å². The Morgan fingerprint density at radius 3 is 2.03 bits per heavy atom. The summed E-state index contributed by atoms with van der Waals surface area (Å²) in [5.74, 6) is -4.58. The molecule has 0 unspecified atom stereocenters. The number of anilines is 1. The van der Waals surface area contributed by atoms with E-state index in [2.05, 4.69) is 0 Å². The van der Waals surface area contributed by atoms with E-state index in [1.54, 1.807) is 48.5 Å². The summed E-state index contributed by atoms with van der Waals surface area (Å²) in [6, 6.07) is 12.9. The Hall–Kier alpha value is -2.83. The summed E-state index contributed by atoms with van der Waals surface area (Å²) in [5.41, 5.74) is -1.31. The van der Waals surface area contributed by atoms with Crippen LogP contribution in [0.4, 0.5) is 5.69 Å². The van der Waals surface area contributed by atoms with Crippen LogP contribution in [0.2, 0.25) is 5.02 Å². The maximum absolute atomic E-state index is 13.6. The SMILES string of the molecule is CC(C)[C@H]1OC2(C(=O)c3ccccc3C2=O)[C@H]2C(=O)N(c3ccccc3Cl)C(=O)[C@@H]12. The summed E-state index contributed by atoms with van der Waals surface area (Å²) < 4.78 is 6.10. The zero-order valence-corrected chi connectivity index (χ0v) is 17.1. The van der Waals surface area contributed by atoms with Gasteiger partial charge in [-0.05, 0) is 18.1 Å². The van der Waals surface area contributed by atoms with E-state index < -0.39 is 46.9 Å². The molecule has 6 nitrogen and oxygen atoms in total. The number of carbonyl (C=O) groups excluding carboxylic acids is 4. The van der Waals surface area contributed by atoms with Crippen LogP contribution in [-0.4, -0.2) is 35.1 Å². The summed E-state index contributed by atoms with van der Waals surface area (Å²) in [6.45, 7) is 3.68. The molecule has 152 valence electrons. The third kappa shape index (κ3) is 2.18. The van der Waals surface area contributed by atoms with E-state index in [1.807, 2.05) is 13.8 Å². The Labute approximate surface area is 177 Å². The number of Topliss-reactive ketones (excluding diaryl/α,β-unsaturated/α-hetero) is 2. The highest BCUT2D eigenvalue weighted by Crippen LogP contribution is 2.54. The molecule has 2 amide bonds. The van der Waals surface area contributed by atoms with E-state index in [4.69, 9.17) is 16.3 Å². The van der Waals surface area contributed by atoms with Crippen molar-refractivity contribution in [1.82, 2.24) is 0 Å². The Morgan fingerprint density at radius 2 is 1.47 bits per heavy atom. The van der Waals surface area contributed by atoms with Crippen LogP contribution in [0.5, 0.6) is 0 Å². The van der Waals surface area contributed by atoms with Crippen LogP contribution >= 0.6 is 11.6 Å². The predicted octanol–water partition coefficient (Wildman–Crippen LogP) is 3.32. The molecular weight excluding hydrogens is 406 g/mol. The Balaban J connectivity index is 1.70. The summed E-state index contributed by atoms with van der Waals surface area (Å²) >= 11 is 6.26. The maximum Gasteiger partial charge on any atom is 0.241 e. The molecule has 2 aromatic rings. The van der Waals surface area contributed by atoms with Gasteiger partial charge in [-0.2, -0.15) is 0 Å². The third-order valence-corrected chi connectivity index (χ3v) is 6.63. The van der Waals surface area contributed by atoms with E-state index in [0.29, 0.717) is 0 Å². The lowest BCUT2D eigenvalue weighted by atomic mass is 9.76. The monoisotopic (exact) mass is 423 g/mol. The fraction of sp³-hybridized carbons (Fsp3) is 0.304. The molecule has 30 heavy (non-hydrogen) atoms. The molecule has 5 rings (SSSR count). The summed E-state index contributed by atoms with van der Waals surface area (Å²) in [6.07, 6.45) is -0.749. The molecule has 2 aliphatic heterocycles. The first-order valence-electron chi connectivity index (χ1n) is 9.79. The minimum atomic E-state index is -2.01. The molecule has 1 spiro atoms. The second-order valence-electron chi connectivity index (χ2n) is 8.23. The molecule has 0 saturated carbocycles. The van der Waals surface area contributed by atoms with Gasteiger partial charge in [0.05, 0.1) is 28.6 Å². The Kier molecular flexibility index (Phi) is 4.04. The van der Waals surface area contributed by atoms with Crippen molar-refractivity contribution in [2.24, 2.45) is 17.8 Å². The molecule has 2 heterocycles. The number of ketones is 2. The number of imide groups is 1. The number of benzene rings is 2. The average molecular weight is 424 g/mol. The minimum absolute atomic E-state index is 0.191. The molecular formula is C23H18ClNO5. The van der Waals surface area contributed by atoms with Crippen LogP contribution in [0.15, 0.2) is 48.5 Å². The van der Waals surface area contributed by atoms with Gasteiger partial charge >= 0.3 is 0 Å². The molecule has 7 heteroatoms. The van der Waals surface area contributed by atoms with Crippen LogP contribution in [0.1, 0.15) is 34.6 Å². The fourth-order valence-corrected chi connectivity index (χ4v) is 5.22. The van der Waals surface area contributed by atoms with Gasteiger partial charge in [0, 0.05) is 11.1 Å². The summed E-state index contributed by atoms with van der Waals surface area (Å²) in [5, 5.41) is 0.239. The second kappa shape index (κ2) is 6.33. The van der Waals surface area contributed by atoms with E-state index >= 15 is 0 Å². The molecule has 1 aliphatic carbocycles. The normalized spacial score (nSPS) is 26.8. The molecule has 2 aromatic carbocycles. The fourth-order valence-electron chi connectivity index (χ4n) is 5.00. The first-order valence-corrected chi connectivity index (χ1v) is 10.2. The van der Waals surface area contributed by atoms with Crippen LogP contribution in [-0.2, 0) is 14.3 Å². The Bertz CT molecular complexity index is 1100. The van der Waals surface area contributed by atoms with Gasteiger partial charge in [-0.1, -0.05) is 61.8 Å². The van der Waals surface area contributed by atoms with E-state index in [0.717, 1.165) is 4.90 Å². The highest BCUT2D eigenvalue weighted by Gasteiger charge is 2.74. The molecule has 0 aromatic heterocycles. The van der Waals surface area contributed by atoms with Gasteiger partial charge in [0.1, 0.15) is 0 Å².